The molecular formula is C19H16FN. The van der Waals surface area contributed by atoms with Gasteiger partial charge in [-0.05, 0) is 41.5 Å². The minimum absolute atomic E-state index is 0.110. The number of nitrogens with zero attached hydrogens (tertiary/aromatic N) is 1. The van der Waals surface area contributed by atoms with E-state index >= 15 is 0 Å². The summed E-state index contributed by atoms with van der Waals surface area (Å²) in [4.78, 5) is 4.39. The van der Waals surface area contributed by atoms with Gasteiger partial charge in [-0.1, -0.05) is 43.3 Å². The number of hydrogen-bond donors (Lipinski definition) is 0. The summed E-state index contributed by atoms with van der Waals surface area (Å²) < 4.78 is 13.7. The van der Waals surface area contributed by atoms with Crippen molar-refractivity contribution in [2.45, 2.75) is 12.8 Å². The first kappa shape index (κ1) is 13.5. The quantitative estimate of drug-likeness (QED) is 0.653. The van der Waals surface area contributed by atoms with Crippen LogP contribution in [0.4, 0.5) is 4.39 Å². The monoisotopic (exact) mass is 277 g/mol. The van der Waals surface area contributed by atoms with Gasteiger partial charge >= 0.3 is 0 Å². The van der Waals surface area contributed by atoms with Gasteiger partial charge < -0.3 is 0 Å². The van der Waals surface area contributed by atoms with E-state index in [1.807, 2.05) is 42.5 Å². The van der Waals surface area contributed by atoms with Gasteiger partial charge in [-0.2, -0.15) is 0 Å². The van der Waals surface area contributed by atoms with E-state index in [1.54, 1.807) is 12.3 Å². The average molecular weight is 277 g/mol. The lowest BCUT2D eigenvalue weighted by molar-refractivity contribution is 0.624. The first-order valence-corrected chi connectivity index (χ1v) is 7.01. The van der Waals surface area contributed by atoms with Crippen LogP contribution in [-0.4, -0.2) is 4.98 Å². The molecule has 3 rings (SSSR count). The van der Waals surface area contributed by atoms with E-state index in [0.29, 0.717) is 0 Å². The molecule has 0 saturated carbocycles. The highest BCUT2D eigenvalue weighted by atomic mass is 19.1. The fraction of sp³-hybridized carbons (Fsp3) is 0.105. The Morgan fingerprint density at radius 3 is 2.38 bits per heavy atom. The van der Waals surface area contributed by atoms with Crippen molar-refractivity contribution in [2.24, 2.45) is 0 Å². The largest absolute Gasteiger partial charge is 0.256 e. The van der Waals surface area contributed by atoms with Crippen LogP contribution in [-0.2, 0) is 0 Å². The maximum Gasteiger partial charge on any atom is 0.123 e. The predicted molar refractivity (Wildman–Crippen MR) is 83.6 cm³/mol. The Kier molecular flexibility index (Phi) is 3.78. The van der Waals surface area contributed by atoms with E-state index in [-0.39, 0.29) is 11.7 Å². The van der Waals surface area contributed by atoms with Crippen LogP contribution in [0.15, 0.2) is 72.9 Å². The molecule has 0 aliphatic rings. The smallest absolute Gasteiger partial charge is 0.123 e. The van der Waals surface area contributed by atoms with E-state index < -0.39 is 0 Å². The number of rotatable bonds is 3. The standard InChI is InChI=1S/C19H16FN/c1-14(15-7-3-2-4-8-15)18-13-16(20)10-11-17(18)19-9-5-6-12-21-19/h2-14H,1H3. The summed E-state index contributed by atoms with van der Waals surface area (Å²) in [6.45, 7) is 2.09. The van der Waals surface area contributed by atoms with Gasteiger partial charge in [0.25, 0.3) is 0 Å². The fourth-order valence-corrected chi connectivity index (χ4v) is 2.57. The summed E-state index contributed by atoms with van der Waals surface area (Å²) in [5.41, 5.74) is 3.98. The third kappa shape index (κ3) is 2.84. The van der Waals surface area contributed by atoms with Crippen LogP contribution in [0.2, 0.25) is 0 Å². The Morgan fingerprint density at radius 1 is 0.905 bits per heavy atom. The topological polar surface area (TPSA) is 12.9 Å². The highest BCUT2D eigenvalue weighted by Crippen LogP contribution is 2.32. The van der Waals surface area contributed by atoms with Crippen molar-refractivity contribution in [3.8, 4) is 11.3 Å². The van der Waals surface area contributed by atoms with Crippen LogP contribution < -0.4 is 0 Å². The molecule has 0 saturated heterocycles. The third-order valence-electron chi connectivity index (χ3n) is 3.72. The van der Waals surface area contributed by atoms with Crippen molar-refractivity contribution < 1.29 is 4.39 Å². The van der Waals surface area contributed by atoms with E-state index in [1.165, 1.54) is 11.6 Å². The van der Waals surface area contributed by atoms with Gasteiger partial charge in [-0.15, -0.1) is 0 Å². The van der Waals surface area contributed by atoms with Crippen LogP contribution in [0.3, 0.4) is 0 Å². The van der Waals surface area contributed by atoms with Gasteiger partial charge in [-0.3, -0.25) is 4.98 Å². The molecule has 1 unspecified atom stereocenters. The van der Waals surface area contributed by atoms with Crippen molar-refractivity contribution >= 4 is 0 Å². The number of halogens is 1. The highest BCUT2D eigenvalue weighted by Gasteiger charge is 2.15. The van der Waals surface area contributed by atoms with Crippen molar-refractivity contribution in [3.05, 3.63) is 89.9 Å². The molecule has 0 bridgehead atoms. The van der Waals surface area contributed by atoms with E-state index in [0.717, 1.165) is 16.8 Å². The second-order valence-electron chi connectivity index (χ2n) is 5.08. The molecule has 0 spiro atoms. The van der Waals surface area contributed by atoms with Gasteiger partial charge in [0.05, 0.1) is 5.69 Å². The summed E-state index contributed by atoms with van der Waals surface area (Å²) in [5, 5.41) is 0. The van der Waals surface area contributed by atoms with Crippen LogP contribution in [0.5, 0.6) is 0 Å². The summed E-state index contributed by atoms with van der Waals surface area (Å²) in [5.74, 6) is -0.105. The zero-order valence-electron chi connectivity index (χ0n) is 11.8. The lowest BCUT2D eigenvalue weighted by atomic mass is 9.88. The van der Waals surface area contributed by atoms with Crippen LogP contribution >= 0.6 is 0 Å². The minimum Gasteiger partial charge on any atom is -0.256 e. The van der Waals surface area contributed by atoms with Crippen molar-refractivity contribution in [2.75, 3.05) is 0 Å². The lowest BCUT2D eigenvalue weighted by Crippen LogP contribution is -2.00. The maximum absolute atomic E-state index is 13.7. The number of pyridine rings is 1. The van der Waals surface area contributed by atoms with Gasteiger partial charge in [0, 0.05) is 17.7 Å². The normalized spacial score (nSPS) is 12.1. The summed E-state index contributed by atoms with van der Waals surface area (Å²) in [6.07, 6.45) is 1.76. The van der Waals surface area contributed by atoms with Crippen LogP contribution in [0.25, 0.3) is 11.3 Å². The third-order valence-corrected chi connectivity index (χ3v) is 3.72. The number of aromatic nitrogens is 1. The Balaban J connectivity index is 2.11. The fourth-order valence-electron chi connectivity index (χ4n) is 2.57. The van der Waals surface area contributed by atoms with Gasteiger partial charge in [0.2, 0.25) is 0 Å². The predicted octanol–water partition coefficient (Wildman–Crippen LogP) is 5.04. The molecule has 0 N–H and O–H groups in total. The zero-order valence-corrected chi connectivity index (χ0v) is 11.8. The van der Waals surface area contributed by atoms with E-state index in [9.17, 15) is 4.39 Å². The summed E-state index contributed by atoms with van der Waals surface area (Å²) in [7, 11) is 0. The van der Waals surface area contributed by atoms with Gasteiger partial charge in [0.1, 0.15) is 5.82 Å². The van der Waals surface area contributed by atoms with E-state index in [2.05, 4.69) is 24.0 Å². The number of hydrogen-bond acceptors (Lipinski definition) is 1. The molecule has 2 aromatic carbocycles. The molecule has 1 aromatic heterocycles. The van der Waals surface area contributed by atoms with Crippen molar-refractivity contribution in [1.82, 2.24) is 4.98 Å². The molecule has 0 radical (unpaired) electrons. The molecule has 0 amide bonds. The Hall–Kier alpha value is -2.48. The molecule has 1 atom stereocenters. The van der Waals surface area contributed by atoms with Gasteiger partial charge in [-0.25, -0.2) is 4.39 Å². The first-order valence-electron chi connectivity index (χ1n) is 7.01. The SMILES string of the molecule is CC(c1ccccc1)c1cc(F)ccc1-c1ccccn1. The molecule has 0 fully saturated rings. The zero-order chi connectivity index (χ0) is 14.7. The average Bonchev–Trinajstić information content (AvgIpc) is 2.56. The summed E-state index contributed by atoms with van der Waals surface area (Å²) >= 11 is 0. The van der Waals surface area contributed by atoms with Crippen LogP contribution in [0, 0.1) is 5.82 Å². The van der Waals surface area contributed by atoms with Crippen LogP contribution in [0.1, 0.15) is 24.0 Å². The molecule has 1 heterocycles. The minimum atomic E-state index is -0.215. The maximum atomic E-state index is 13.7. The van der Waals surface area contributed by atoms with Crippen molar-refractivity contribution in [1.29, 1.82) is 0 Å². The lowest BCUT2D eigenvalue weighted by Gasteiger charge is -2.17. The Labute approximate surface area is 124 Å². The Bertz CT molecular complexity index is 723. The molecule has 104 valence electrons. The molecule has 1 nitrogen and oxygen atoms in total. The second kappa shape index (κ2) is 5.88. The number of benzene rings is 2. The highest BCUT2D eigenvalue weighted by molar-refractivity contribution is 5.65. The molecular weight excluding hydrogens is 261 g/mol. The summed E-state index contributed by atoms with van der Waals surface area (Å²) in [6, 6.07) is 20.8. The van der Waals surface area contributed by atoms with Gasteiger partial charge in [0.15, 0.2) is 0 Å². The molecule has 21 heavy (non-hydrogen) atoms. The molecule has 0 aliphatic carbocycles. The van der Waals surface area contributed by atoms with Crippen molar-refractivity contribution in [3.63, 3.8) is 0 Å². The molecule has 2 heteroatoms. The molecule has 0 aliphatic heterocycles. The Morgan fingerprint density at radius 2 is 1.67 bits per heavy atom. The van der Waals surface area contributed by atoms with E-state index in [4.69, 9.17) is 0 Å². The molecule has 3 aromatic rings. The first-order chi connectivity index (χ1) is 10.3. The second-order valence-corrected chi connectivity index (χ2v) is 5.08.